The number of nitrogens with zero attached hydrogens (tertiary/aromatic N) is 2. The summed E-state index contributed by atoms with van der Waals surface area (Å²) < 4.78 is 20.0. The molecule has 0 aromatic heterocycles. The zero-order chi connectivity index (χ0) is 25.2. The van der Waals surface area contributed by atoms with Crippen LogP contribution >= 0.6 is 11.8 Å². The van der Waals surface area contributed by atoms with Gasteiger partial charge >= 0.3 is 0 Å². The van der Waals surface area contributed by atoms with E-state index in [4.69, 9.17) is 4.74 Å². The monoisotopic (exact) mass is 498 g/mol. The molecule has 7 heteroatoms. The molecule has 2 unspecified atom stereocenters. The van der Waals surface area contributed by atoms with Gasteiger partial charge in [-0.2, -0.15) is 11.8 Å². The molecule has 0 bridgehead atoms. The summed E-state index contributed by atoms with van der Waals surface area (Å²) in [6, 6.07) is 12.0. The third-order valence-electron chi connectivity index (χ3n) is 6.68. The Bertz CT molecular complexity index is 1060. The number of carbonyl (C=O) groups is 2. The molecule has 2 heterocycles. The van der Waals surface area contributed by atoms with Gasteiger partial charge in [-0.15, -0.1) is 0 Å². The lowest BCUT2D eigenvalue weighted by Crippen LogP contribution is -2.46. The van der Waals surface area contributed by atoms with E-state index in [1.165, 1.54) is 12.1 Å². The fraction of sp³-hybridized carbons (Fsp3) is 0.500. The predicted octanol–water partition coefficient (Wildman–Crippen LogP) is 5.08. The van der Waals surface area contributed by atoms with Gasteiger partial charge in [-0.25, -0.2) is 4.39 Å². The summed E-state index contributed by atoms with van der Waals surface area (Å²) in [5.41, 5.74) is 2.42. The van der Waals surface area contributed by atoms with Crippen LogP contribution in [0.1, 0.15) is 56.8 Å². The van der Waals surface area contributed by atoms with Crippen LogP contribution in [-0.2, 0) is 16.0 Å². The smallest absolute Gasteiger partial charge is 0.263 e. The van der Waals surface area contributed by atoms with E-state index in [2.05, 4.69) is 0 Å². The maximum atomic E-state index is 13.7. The minimum absolute atomic E-state index is 0.0325. The van der Waals surface area contributed by atoms with Crippen molar-refractivity contribution in [3.8, 4) is 5.75 Å². The number of ether oxygens (including phenoxy) is 1. The first-order valence-corrected chi connectivity index (χ1v) is 13.6. The Morgan fingerprint density at radius 1 is 1.09 bits per heavy atom. The molecule has 2 aromatic rings. The van der Waals surface area contributed by atoms with Gasteiger partial charge < -0.3 is 14.5 Å². The second-order valence-electron chi connectivity index (χ2n) is 10.3. The topological polar surface area (TPSA) is 49.9 Å². The number of amides is 2. The number of thioether (sulfide) groups is 1. The molecule has 2 aliphatic rings. The molecule has 35 heavy (non-hydrogen) atoms. The first-order valence-electron chi connectivity index (χ1n) is 12.4. The molecule has 0 radical (unpaired) electrons. The normalized spacial score (nSPS) is 19.2. The summed E-state index contributed by atoms with van der Waals surface area (Å²) in [5, 5.41) is 0. The number of halogens is 1. The van der Waals surface area contributed by atoms with Crippen LogP contribution in [0.4, 0.5) is 4.39 Å². The van der Waals surface area contributed by atoms with Gasteiger partial charge in [0.2, 0.25) is 5.91 Å². The second kappa shape index (κ2) is 10.6. The number of fused-ring (bicyclic) bond motifs is 1. The van der Waals surface area contributed by atoms with E-state index in [-0.39, 0.29) is 23.7 Å². The van der Waals surface area contributed by atoms with Crippen molar-refractivity contribution < 1.29 is 18.7 Å². The molecule has 5 nitrogen and oxygen atoms in total. The number of benzene rings is 2. The first-order chi connectivity index (χ1) is 16.7. The van der Waals surface area contributed by atoms with Crippen molar-refractivity contribution in [1.29, 1.82) is 0 Å². The molecule has 1 fully saturated rings. The maximum absolute atomic E-state index is 13.7. The lowest BCUT2D eigenvalue weighted by Gasteiger charge is -2.41. The van der Waals surface area contributed by atoms with Crippen molar-refractivity contribution in [1.82, 2.24) is 9.80 Å². The lowest BCUT2D eigenvalue weighted by atomic mass is 9.85. The largest absolute Gasteiger partial charge is 0.481 e. The summed E-state index contributed by atoms with van der Waals surface area (Å²) in [5.74, 6) is 2.30. The highest BCUT2D eigenvalue weighted by molar-refractivity contribution is 7.99. The fourth-order valence-corrected chi connectivity index (χ4v) is 5.68. The molecule has 2 atom stereocenters. The zero-order valence-corrected chi connectivity index (χ0v) is 21.9. The zero-order valence-electron chi connectivity index (χ0n) is 21.1. The van der Waals surface area contributed by atoms with E-state index in [9.17, 15) is 14.0 Å². The van der Waals surface area contributed by atoms with Crippen LogP contribution in [0, 0.1) is 11.2 Å². The summed E-state index contributed by atoms with van der Waals surface area (Å²) in [6.45, 7) is 9.82. The average Bonchev–Trinajstić information content (AvgIpc) is 2.86. The van der Waals surface area contributed by atoms with Crippen molar-refractivity contribution >= 4 is 23.6 Å². The van der Waals surface area contributed by atoms with E-state index < -0.39 is 11.5 Å². The number of rotatable bonds is 5. The van der Waals surface area contributed by atoms with Crippen LogP contribution in [0.3, 0.4) is 0 Å². The number of hydrogen-bond donors (Lipinski definition) is 0. The van der Waals surface area contributed by atoms with Gasteiger partial charge in [-0.05, 0) is 53.8 Å². The molecule has 0 spiro atoms. The predicted molar refractivity (Wildman–Crippen MR) is 138 cm³/mol. The standard InChI is InChI=1S/C28H35FN2O3S/c1-5-24(26(32)30-14-16-35-17-15-30)34-22-11-8-19-12-13-31(27(33)28(2,3)4)25(23(19)18-22)20-6-9-21(29)10-7-20/h6-11,18,24-25H,5,12-17H2,1-4H3. The summed E-state index contributed by atoms with van der Waals surface area (Å²) >= 11 is 1.87. The van der Waals surface area contributed by atoms with E-state index in [1.807, 2.05) is 67.5 Å². The Balaban J connectivity index is 1.67. The van der Waals surface area contributed by atoms with Crippen LogP contribution in [0.25, 0.3) is 0 Å². The Morgan fingerprint density at radius 2 is 1.77 bits per heavy atom. The van der Waals surface area contributed by atoms with E-state index in [0.29, 0.717) is 18.7 Å². The quantitative estimate of drug-likeness (QED) is 0.577. The Hall–Kier alpha value is -2.54. The minimum atomic E-state index is -0.545. The average molecular weight is 499 g/mol. The fourth-order valence-electron chi connectivity index (χ4n) is 4.78. The van der Waals surface area contributed by atoms with Crippen LogP contribution < -0.4 is 4.74 Å². The van der Waals surface area contributed by atoms with Crippen molar-refractivity contribution in [3.05, 3.63) is 65.0 Å². The van der Waals surface area contributed by atoms with Crippen LogP contribution in [0.2, 0.25) is 0 Å². The highest BCUT2D eigenvalue weighted by atomic mass is 32.2. The van der Waals surface area contributed by atoms with Crippen molar-refractivity contribution in [2.24, 2.45) is 5.41 Å². The van der Waals surface area contributed by atoms with Gasteiger partial charge in [0.05, 0.1) is 6.04 Å². The van der Waals surface area contributed by atoms with Gasteiger partial charge in [-0.1, -0.05) is 45.9 Å². The SMILES string of the molecule is CCC(Oc1ccc2c(c1)C(c1ccc(F)cc1)N(C(=O)C(C)(C)C)CC2)C(=O)N1CCSCC1. The molecular weight excluding hydrogens is 463 g/mol. The maximum Gasteiger partial charge on any atom is 0.263 e. The molecule has 0 saturated carbocycles. The lowest BCUT2D eigenvalue weighted by molar-refractivity contribution is -0.141. The van der Waals surface area contributed by atoms with E-state index in [1.54, 1.807) is 12.1 Å². The molecule has 1 saturated heterocycles. The van der Waals surface area contributed by atoms with Gasteiger partial charge in [0.1, 0.15) is 11.6 Å². The van der Waals surface area contributed by atoms with Crippen molar-refractivity contribution in [3.63, 3.8) is 0 Å². The molecule has 188 valence electrons. The first kappa shape index (κ1) is 25.5. The third-order valence-corrected chi connectivity index (χ3v) is 7.62. The van der Waals surface area contributed by atoms with Gasteiger partial charge in [-0.3, -0.25) is 9.59 Å². The minimum Gasteiger partial charge on any atom is -0.481 e. The highest BCUT2D eigenvalue weighted by Gasteiger charge is 2.37. The number of carbonyl (C=O) groups excluding carboxylic acids is 2. The summed E-state index contributed by atoms with van der Waals surface area (Å²) in [4.78, 5) is 30.3. The van der Waals surface area contributed by atoms with E-state index in [0.717, 1.165) is 47.7 Å². The molecule has 0 N–H and O–H groups in total. The highest BCUT2D eigenvalue weighted by Crippen LogP contribution is 2.39. The van der Waals surface area contributed by atoms with Gasteiger partial charge in [0, 0.05) is 36.6 Å². The molecule has 0 aliphatic carbocycles. The van der Waals surface area contributed by atoms with Crippen molar-refractivity contribution in [2.45, 2.75) is 52.7 Å². The van der Waals surface area contributed by atoms with Crippen LogP contribution in [0.5, 0.6) is 5.75 Å². The third kappa shape index (κ3) is 5.66. The molecule has 4 rings (SSSR count). The Morgan fingerprint density at radius 3 is 2.40 bits per heavy atom. The Labute approximate surface area is 212 Å². The molecule has 2 amide bonds. The van der Waals surface area contributed by atoms with Gasteiger partial charge in [0.15, 0.2) is 6.10 Å². The summed E-state index contributed by atoms with van der Waals surface area (Å²) in [6.07, 6.45) is 0.767. The second-order valence-corrected chi connectivity index (χ2v) is 11.5. The molecule has 2 aliphatic heterocycles. The van der Waals surface area contributed by atoms with Crippen molar-refractivity contribution in [2.75, 3.05) is 31.1 Å². The number of hydrogen-bond acceptors (Lipinski definition) is 4. The van der Waals surface area contributed by atoms with Gasteiger partial charge in [0.25, 0.3) is 5.91 Å². The van der Waals surface area contributed by atoms with E-state index >= 15 is 0 Å². The molecule has 2 aromatic carbocycles. The molecular formula is C28H35FN2O3S. The van der Waals surface area contributed by atoms with Crippen LogP contribution in [0.15, 0.2) is 42.5 Å². The Kier molecular flexibility index (Phi) is 7.74. The summed E-state index contributed by atoms with van der Waals surface area (Å²) in [7, 11) is 0. The van der Waals surface area contributed by atoms with Crippen LogP contribution in [-0.4, -0.2) is 58.9 Å².